The van der Waals surface area contributed by atoms with Crippen molar-refractivity contribution in [2.24, 2.45) is 5.41 Å². The van der Waals surface area contributed by atoms with E-state index < -0.39 is 47.3 Å². The zero-order valence-corrected chi connectivity index (χ0v) is 13.3. The Morgan fingerprint density at radius 2 is 1.20 bits per heavy atom. The molecule has 0 aliphatic carbocycles. The molecule has 0 aliphatic rings. The Morgan fingerprint density at radius 1 is 0.760 bits per heavy atom. The molecule has 0 saturated heterocycles. The van der Waals surface area contributed by atoms with Crippen LogP contribution in [0.5, 0.6) is 0 Å². The van der Waals surface area contributed by atoms with Crippen molar-refractivity contribution in [3.63, 3.8) is 0 Å². The smallest absolute Gasteiger partial charge is 0.353 e. The van der Waals surface area contributed by atoms with Crippen molar-refractivity contribution in [3.8, 4) is 0 Å². The quantitative estimate of drug-likeness (QED) is 0.572. The number of hydrogen-bond acceptors (Lipinski definition) is 1. The molecule has 1 aromatic rings. The van der Waals surface area contributed by atoms with E-state index in [1.54, 1.807) is 0 Å². The van der Waals surface area contributed by atoms with E-state index in [0.29, 0.717) is 26.8 Å². The fraction of sp³-hybridized carbons (Fsp3) is 0.600. The second kappa shape index (κ2) is 6.37. The van der Waals surface area contributed by atoms with Crippen LogP contribution in [0.15, 0.2) is 24.3 Å². The molecule has 0 fully saturated rings. The Bertz CT molecular complexity index is 555. The van der Waals surface area contributed by atoms with E-state index in [9.17, 15) is 39.5 Å². The highest BCUT2D eigenvalue weighted by molar-refractivity contribution is 5.29. The van der Waals surface area contributed by atoms with Gasteiger partial charge in [-0.1, -0.05) is 39.0 Å². The molecule has 0 aliphatic heterocycles. The molecule has 144 valence electrons. The van der Waals surface area contributed by atoms with Crippen molar-refractivity contribution < 1.29 is 44.3 Å². The number of rotatable bonds is 3. The van der Waals surface area contributed by atoms with E-state index in [2.05, 4.69) is 4.74 Å². The van der Waals surface area contributed by atoms with Gasteiger partial charge in [0, 0.05) is 5.41 Å². The zero-order chi connectivity index (χ0) is 19.9. The molecular formula is C15H15F9O. The average molecular weight is 382 g/mol. The summed E-state index contributed by atoms with van der Waals surface area (Å²) in [5.41, 5.74) is -9.33. The molecule has 0 amide bonds. The van der Waals surface area contributed by atoms with Gasteiger partial charge in [0.2, 0.25) is 0 Å². The van der Waals surface area contributed by atoms with Crippen LogP contribution in [0.1, 0.15) is 31.9 Å². The number of halogens is 9. The van der Waals surface area contributed by atoms with Gasteiger partial charge in [-0.15, -0.1) is 0 Å². The first-order valence-electron chi connectivity index (χ1n) is 6.87. The van der Waals surface area contributed by atoms with E-state index in [1.807, 2.05) is 0 Å². The lowest BCUT2D eigenvalue weighted by Gasteiger charge is -2.46. The minimum absolute atomic E-state index is 0.554. The molecule has 0 atom stereocenters. The SMILES string of the molecule is CC(C)(C)C(OCc1ccccc1C(F)(F)F)(C(F)(F)F)C(F)(F)F. The molecule has 0 radical (unpaired) electrons. The van der Waals surface area contributed by atoms with Gasteiger partial charge in [0.15, 0.2) is 0 Å². The van der Waals surface area contributed by atoms with Gasteiger partial charge in [0.05, 0.1) is 12.2 Å². The molecule has 1 aromatic carbocycles. The second-order valence-corrected chi connectivity index (χ2v) is 6.37. The second-order valence-electron chi connectivity index (χ2n) is 6.37. The van der Waals surface area contributed by atoms with Crippen molar-refractivity contribution in [2.75, 3.05) is 0 Å². The van der Waals surface area contributed by atoms with Crippen LogP contribution < -0.4 is 0 Å². The summed E-state index contributed by atoms with van der Waals surface area (Å²) >= 11 is 0. The van der Waals surface area contributed by atoms with Crippen LogP contribution >= 0.6 is 0 Å². The van der Waals surface area contributed by atoms with Crippen molar-refractivity contribution in [1.82, 2.24) is 0 Å². The predicted molar refractivity (Wildman–Crippen MR) is 70.5 cm³/mol. The average Bonchev–Trinajstić information content (AvgIpc) is 2.33. The summed E-state index contributed by atoms with van der Waals surface area (Å²) in [7, 11) is 0. The molecule has 25 heavy (non-hydrogen) atoms. The van der Waals surface area contributed by atoms with E-state index in [4.69, 9.17) is 0 Å². The Labute approximate surface area is 137 Å². The lowest BCUT2D eigenvalue weighted by molar-refractivity contribution is -0.413. The summed E-state index contributed by atoms with van der Waals surface area (Å²) < 4.78 is 123. The lowest BCUT2D eigenvalue weighted by Crippen LogP contribution is -2.66. The highest BCUT2D eigenvalue weighted by Crippen LogP contribution is 2.55. The molecule has 0 unspecified atom stereocenters. The van der Waals surface area contributed by atoms with Gasteiger partial charge < -0.3 is 4.74 Å². The standard InChI is InChI=1S/C15H15F9O/c1-11(2,3)13(14(19,20)21,15(22,23)24)25-8-9-6-4-5-7-10(9)12(16,17)18/h4-7H,8H2,1-3H3. The molecule has 0 saturated carbocycles. The van der Waals surface area contributed by atoms with Gasteiger partial charge in [-0.25, -0.2) is 0 Å². The van der Waals surface area contributed by atoms with Crippen LogP contribution in [0.4, 0.5) is 39.5 Å². The van der Waals surface area contributed by atoms with Crippen molar-refractivity contribution in [2.45, 2.75) is 51.5 Å². The maximum Gasteiger partial charge on any atom is 0.427 e. The first-order valence-corrected chi connectivity index (χ1v) is 6.87. The summed E-state index contributed by atoms with van der Waals surface area (Å²) in [6, 6.07) is 3.35. The third-order valence-corrected chi connectivity index (χ3v) is 3.62. The van der Waals surface area contributed by atoms with E-state index in [0.717, 1.165) is 18.2 Å². The minimum Gasteiger partial charge on any atom is -0.353 e. The number of benzene rings is 1. The zero-order valence-electron chi connectivity index (χ0n) is 13.3. The van der Waals surface area contributed by atoms with Gasteiger partial charge >= 0.3 is 18.5 Å². The fourth-order valence-corrected chi connectivity index (χ4v) is 2.50. The number of hydrogen-bond donors (Lipinski definition) is 0. The highest BCUT2D eigenvalue weighted by atomic mass is 19.4. The van der Waals surface area contributed by atoms with Gasteiger partial charge in [-0.05, 0) is 11.6 Å². The van der Waals surface area contributed by atoms with E-state index in [1.165, 1.54) is 0 Å². The molecule has 0 N–H and O–H groups in total. The van der Waals surface area contributed by atoms with Crippen LogP contribution in [0.3, 0.4) is 0 Å². The summed E-state index contributed by atoms with van der Waals surface area (Å²) in [6.45, 7) is 0.461. The van der Waals surface area contributed by atoms with E-state index in [-0.39, 0.29) is 0 Å². The Hall–Kier alpha value is -1.45. The molecule has 0 aromatic heterocycles. The molecular weight excluding hydrogens is 367 g/mol. The van der Waals surface area contributed by atoms with Crippen molar-refractivity contribution in [3.05, 3.63) is 35.4 Å². The van der Waals surface area contributed by atoms with Crippen molar-refractivity contribution in [1.29, 1.82) is 0 Å². The topological polar surface area (TPSA) is 9.23 Å². The minimum atomic E-state index is -5.89. The fourth-order valence-electron chi connectivity index (χ4n) is 2.50. The van der Waals surface area contributed by atoms with Gasteiger partial charge in [-0.3, -0.25) is 0 Å². The summed E-state index contributed by atoms with van der Waals surface area (Å²) in [6.07, 6.45) is -16.7. The molecule has 0 heterocycles. The molecule has 0 spiro atoms. The van der Waals surface area contributed by atoms with Crippen LogP contribution in [0, 0.1) is 5.41 Å². The largest absolute Gasteiger partial charge is 0.427 e. The molecule has 1 nitrogen and oxygen atoms in total. The van der Waals surface area contributed by atoms with Gasteiger partial charge in [-0.2, -0.15) is 39.5 Å². The summed E-state index contributed by atoms with van der Waals surface area (Å²) in [5, 5.41) is 0. The van der Waals surface area contributed by atoms with Crippen LogP contribution in [0.2, 0.25) is 0 Å². The maximum absolute atomic E-state index is 13.3. The highest BCUT2D eigenvalue weighted by Gasteiger charge is 2.77. The molecule has 1 rings (SSSR count). The Balaban J connectivity index is 3.41. The first kappa shape index (κ1) is 21.6. The molecule has 10 heteroatoms. The van der Waals surface area contributed by atoms with Crippen LogP contribution in [-0.4, -0.2) is 18.0 Å². The lowest BCUT2D eigenvalue weighted by atomic mass is 9.75. The molecule has 0 bridgehead atoms. The van der Waals surface area contributed by atoms with Gasteiger partial charge in [0.1, 0.15) is 0 Å². The van der Waals surface area contributed by atoms with Crippen LogP contribution in [-0.2, 0) is 17.5 Å². The van der Waals surface area contributed by atoms with Crippen LogP contribution in [0.25, 0.3) is 0 Å². The first-order chi connectivity index (χ1) is 11.0. The Kier molecular flexibility index (Phi) is 5.50. The third kappa shape index (κ3) is 4.04. The number of alkyl halides is 9. The summed E-state index contributed by atoms with van der Waals surface area (Å²) in [5.74, 6) is 0. The summed E-state index contributed by atoms with van der Waals surface area (Å²) in [4.78, 5) is 0. The van der Waals surface area contributed by atoms with E-state index >= 15 is 0 Å². The number of ether oxygens (including phenoxy) is 1. The monoisotopic (exact) mass is 382 g/mol. The predicted octanol–water partition coefficient (Wildman–Crippen LogP) is 6.13. The van der Waals surface area contributed by atoms with Gasteiger partial charge in [0.25, 0.3) is 5.60 Å². The third-order valence-electron chi connectivity index (χ3n) is 3.62. The normalized spacial score (nSPS) is 14.7. The maximum atomic E-state index is 13.3. The van der Waals surface area contributed by atoms with Crippen molar-refractivity contribution >= 4 is 0 Å². The Morgan fingerprint density at radius 3 is 1.56 bits per heavy atom.